The fourth-order valence-corrected chi connectivity index (χ4v) is 4.36. The molecule has 4 rings (SSSR count). The van der Waals surface area contributed by atoms with Crippen molar-refractivity contribution in [2.24, 2.45) is 0 Å². The van der Waals surface area contributed by atoms with Crippen LogP contribution in [0.3, 0.4) is 0 Å². The molecular weight excluding hydrogens is 362 g/mol. The summed E-state index contributed by atoms with van der Waals surface area (Å²) in [5.74, 6) is 1.08. The summed E-state index contributed by atoms with van der Waals surface area (Å²) in [7, 11) is 3.81. The lowest BCUT2D eigenvalue weighted by Crippen LogP contribution is -2.39. The maximum Gasteiger partial charge on any atom is 0.255 e. The van der Waals surface area contributed by atoms with Gasteiger partial charge in [0.1, 0.15) is 0 Å². The molecule has 1 fully saturated rings. The number of fused-ring (bicyclic) bond motifs is 1. The molecule has 6 nitrogen and oxygen atoms in total. The Balaban J connectivity index is 1.62. The van der Waals surface area contributed by atoms with Crippen LogP contribution in [-0.4, -0.2) is 52.8 Å². The number of hydrogen-bond acceptors (Lipinski definition) is 4. The Labute approximate surface area is 172 Å². The van der Waals surface area contributed by atoms with E-state index in [-0.39, 0.29) is 5.91 Å². The van der Waals surface area contributed by atoms with Crippen molar-refractivity contribution < 1.29 is 4.79 Å². The molecule has 0 radical (unpaired) electrons. The molecule has 6 heteroatoms. The Bertz CT molecular complexity index is 1020. The zero-order chi connectivity index (χ0) is 20.5. The smallest absolute Gasteiger partial charge is 0.255 e. The largest absolute Gasteiger partial charge is 0.361 e. The van der Waals surface area contributed by atoms with Gasteiger partial charge < -0.3 is 14.4 Å². The fourth-order valence-electron chi connectivity index (χ4n) is 4.36. The second-order valence-electron chi connectivity index (χ2n) is 8.38. The van der Waals surface area contributed by atoms with Gasteiger partial charge in [0, 0.05) is 50.4 Å². The molecule has 1 amide bonds. The maximum atomic E-state index is 13.2. The van der Waals surface area contributed by atoms with Crippen molar-refractivity contribution in [3.63, 3.8) is 0 Å². The molecule has 1 aliphatic rings. The van der Waals surface area contributed by atoms with Gasteiger partial charge in [-0.15, -0.1) is 5.10 Å². The summed E-state index contributed by atoms with van der Waals surface area (Å²) in [5, 5.41) is 9.38. The van der Waals surface area contributed by atoms with Gasteiger partial charge in [-0.1, -0.05) is 18.2 Å². The molecule has 1 atom stereocenters. The lowest BCUT2D eigenvalue weighted by molar-refractivity contribution is 0.0704. The molecule has 29 heavy (non-hydrogen) atoms. The Hall–Kier alpha value is -2.89. The average Bonchev–Trinajstić information content (AvgIpc) is 3.13. The van der Waals surface area contributed by atoms with Gasteiger partial charge in [-0.2, -0.15) is 5.10 Å². The quantitative estimate of drug-likeness (QED) is 0.672. The minimum absolute atomic E-state index is 0.0416. The second-order valence-corrected chi connectivity index (χ2v) is 8.38. The van der Waals surface area contributed by atoms with E-state index in [4.69, 9.17) is 0 Å². The van der Waals surface area contributed by atoms with Gasteiger partial charge >= 0.3 is 0 Å². The molecule has 1 unspecified atom stereocenters. The first-order chi connectivity index (χ1) is 14.0. The number of carbonyl (C=O) groups excluding carboxylic acids is 1. The first kappa shape index (κ1) is 19.4. The highest BCUT2D eigenvalue weighted by atomic mass is 16.2. The minimum Gasteiger partial charge on any atom is -0.361 e. The molecule has 1 saturated heterocycles. The summed E-state index contributed by atoms with van der Waals surface area (Å²) in [6.45, 7) is 5.98. The van der Waals surface area contributed by atoms with Crippen molar-refractivity contribution in [3.05, 3.63) is 53.9 Å². The first-order valence-electron chi connectivity index (χ1n) is 10.3. The van der Waals surface area contributed by atoms with E-state index in [2.05, 4.69) is 58.9 Å². The third-order valence-electron chi connectivity index (χ3n) is 5.77. The number of benzene rings is 1. The minimum atomic E-state index is 0.0416. The van der Waals surface area contributed by atoms with Crippen LogP contribution < -0.4 is 4.90 Å². The van der Waals surface area contributed by atoms with Gasteiger partial charge in [-0.05, 0) is 50.3 Å². The highest BCUT2D eigenvalue weighted by Crippen LogP contribution is 2.34. The number of likely N-dealkylation sites (tertiary alicyclic amines) is 1. The van der Waals surface area contributed by atoms with E-state index in [1.807, 2.05) is 30.0 Å². The zero-order valence-electron chi connectivity index (χ0n) is 17.7. The van der Waals surface area contributed by atoms with E-state index < -0.39 is 0 Å². The molecule has 152 valence electrons. The molecule has 3 heterocycles. The lowest BCUT2D eigenvalue weighted by Gasteiger charge is -2.34. The molecule has 2 aromatic heterocycles. The Morgan fingerprint density at radius 3 is 2.76 bits per heavy atom. The number of amides is 1. The molecule has 3 aromatic rings. The van der Waals surface area contributed by atoms with Crippen LogP contribution in [0.1, 0.15) is 54.7 Å². The summed E-state index contributed by atoms with van der Waals surface area (Å²) in [5.41, 5.74) is 3.21. The number of piperidine rings is 1. The number of nitrogens with zero attached hydrogens (tertiary/aromatic N) is 5. The molecule has 1 aliphatic heterocycles. The maximum absolute atomic E-state index is 13.2. The second kappa shape index (κ2) is 7.85. The van der Waals surface area contributed by atoms with E-state index in [1.54, 1.807) is 6.20 Å². The van der Waals surface area contributed by atoms with Gasteiger partial charge in [0.05, 0.1) is 11.8 Å². The van der Waals surface area contributed by atoms with Gasteiger partial charge in [0.15, 0.2) is 5.82 Å². The van der Waals surface area contributed by atoms with Crippen LogP contribution in [0, 0.1) is 0 Å². The summed E-state index contributed by atoms with van der Waals surface area (Å²) in [6.07, 6.45) is 3.68. The third kappa shape index (κ3) is 3.71. The van der Waals surface area contributed by atoms with Gasteiger partial charge in [-0.3, -0.25) is 4.79 Å². The molecule has 0 N–H and O–H groups in total. The molecule has 0 aliphatic carbocycles. The van der Waals surface area contributed by atoms with Crippen LogP contribution in [-0.2, 0) is 0 Å². The zero-order valence-corrected chi connectivity index (χ0v) is 17.7. The highest BCUT2D eigenvalue weighted by Gasteiger charge is 2.29. The van der Waals surface area contributed by atoms with Crippen LogP contribution in [0.2, 0.25) is 0 Å². The van der Waals surface area contributed by atoms with Crippen molar-refractivity contribution in [2.75, 3.05) is 32.1 Å². The number of para-hydroxylation sites is 1. The van der Waals surface area contributed by atoms with Gasteiger partial charge in [0.2, 0.25) is 0 Å². The number of carbonyl (C=O) groups is 1. The third-order valence-corrected chi connectivity index (χ3v) is 5.77. The van der Waals surface area contributed by atoms with Crippen molar-refractivity contribution in [2.45, 2.75) is 38.6 Å². The average molecular weight is 392 g/mol. The number of aromatic nitrogens is 3. The number of rotatable bonds is 4. The van der Waals surface area contributed by atoms with E-state index in [0.29, 0.717) is 23.3 Å². The SMILES string of the molecule is CC(C)n1c(C2CCCN(C(=O)c3cnnc(N(C)C)c3)C2)cc2ccccc21. The fraction of sp³-hybridized carbons (Fsp3) is 0.435. The first-order valence-corrected chi connectivity index (χ1v) is 10.3. The summed E-state index contributed by atoms with van der Waals surface area (Å²) >= 11 is 0. The summed E-state index contributed by atoms with van der Waals surface area (Å²) in [4.78, 5) is 17.0. The molecule has 0 spiro atoms. The lowest BCUT2D eigenvalue weighted by atomic mass is 9.93. The van der Waals surface area contributed by atoms with Crippen LogP contribution >= 0.6 is 0 Å². The van der Waals surface area contributed by atoms with Crippen LogP contribution in [0.25, 0.3) is 10.9 Å². The number of anilines is 1. The Kier molecular flexibility index (Phi) is 5.26. The molecule has 0 saturated carbocycles. The van der Waals surface area contributed by atoms with Crippen LogP contribution in [0.4, 0.5) is 5.82 Å². The molecular formula is C23H29N5O. The van der Waals surface area contributed by atoms with Crippen LogP contribution in [0.5, 0.6) is 0 Å². The van der Waals surface area contributed by atoms with Crippen molar-refractivity contribution in [3.8, 4) is 0 Å². The standard InChI is InChI=1S/C23H29N5O/c1-16(2)28-20-10-6-5-8-17(20)12-21(28)18-9-7-11-27(15-18)23(29)19-13-22(26(3)4)25-24-14-19/h5-6,8,10,12-14,16,18H,7,9,11,15H2,1-4H3. The predicted octanol–water partition coefficient (Wildman–Crippen LogP) is 4.10. The Morgan fingerprint density at radius 1 is 1.21 bits per heavy atom. The summed E-state index contributed by atoms with van der Waals surface area (Å²) in [6, 6.07) is 13.1. The topological polar surface area (TPSA) is 54.3 Å². The molecule has 0 bridgehead atoms. The van der Waals surface area contributed by atoms with Gasteiger partial charge in [0.25, 0.3) is 5.91 Å². The van der Waals surface area contributed by atoms with E-state index in [0.717, 1.165) is 25.9 Å². The van der Waals surface area contributed by atoms with E-state index in [1.165, 1.54) is 16.6 Å². The van der Waals surface area contributed by atoms with Crippen molar-refractivity contribution in [1.82, 2.24) is 19.7 Å². The van der Waals surface area contributed by atoms with Crippen molar-refractivity contribution >= 4 is 22.6 Å². The molecule has 1 aromatic carbocycles. The monoisotopic (exact) mass is 391 g/mol. The van der Waals surface area contributed by atoms with Gasteiger partial charge in [-0.25, -0.2) is 0 Å². The van der Waals surface area contributed by atoms with Crippen molar-refractivity contribution in [1.29, 1.82) is 0 Å². The van der Waals surface area contributed by atoms with E-state index >= 15 is 0 Å². The number of hydrogen-bond donors (Lipinski definition) is 0. The predicted molar refractivity (Wildman–Crippen MR) is 117 cm³/mol. The van der Waals surface area contributed by atoms with E-state index in [9.17, 15) is 4.79 Å². The highest BCUT2D eigenvalue weighted by molar-refractivity contribution is 5.94. The Morgan fingerprint density at radius 2 is 2.00 bits per heavy atom. The summed E-state index contributed by atoms with van der Waals surface area (Å²) < 4.78 is 2.44. The van der Waals surface area contributed by atoms with Crippen LogP contribution in [0.15, 0.2) is 42.6 Å². The normalized spacial score (nSPS) is 17.1.